The van der Waals surface area contributed by atoms with Crippen molar-refractivity contribution in [2.45, 2.75) is 73.1 Å². The van der Waals surface area contributed by atoms with E-state index in [1.54, 1.807) is 12.1 Å². The minimum Gasteiger partial charge on any atom is -0.481 e. The van der Waals surface area contributed by atoms with E-state index in [-0.39, 0.29) is 17.1 Å². The fourth-order valence-corrected chi connectivity index (χ4v) is 3.78. The Balaban J connectivity index is -0.000000754. The first-order valence-electron chi connectivity index (χ1n) is 10.9. The Bertz CT molecular complexity index is 581. The quantitative estimate of drug-likeness (QED) is 0.618. The third kappa shape index (κ3) is 15.1. The first-order valence-corrected chi connectivity index (χ1v) is 12.6. The topological polar surface area (TPSA) is 95.5 Å². The number of carbonyl (C=O) groups is 1. The first-order chi connectivity index (χ1) is 14.0. The summed E-state index contributed by atoms with van der Waals surface area (Å²) in [5.74, 6) is -0.498. The molecule has 2 rings (SSSR count). The van der Waals surface area contributed by atoms with E-state index in [1.165, 1.54) is 12.1 Å². The van der Waals surface area contributed by atoms with Gasteiger partial charge >= 0.3 is 5.97 Å². The summed E-state index contributed by atoms with van der Waals surface area (Å²) in [6.45, 7) is 18.4. The smallest absolute Gasteiger partial charge is 0.307 e. The zero-order valence-electron chi connectivity index (χ0n) is 19.7. The highest BCUT2D eigenvalue weighted by Crippen LogP contribution is 2.16. The monoisotopic (exact) mass is 432 g/mol. The minimum absolute atomic E-state index is 0.0975. The van der Waals surface area contributed by atoms with Gasteiger partial charge in [-0.3, -0.25) is 4.79 Å². The Kier molecular flexibility index (Phi) is 23.6. The molecule has 0 radical (unpaired) electrons. The molecule has 0 bridgehead atoms. The van der Waals surface area contributed by atoms with E-state index in [1.807, 2.05) is 55.4 Å². The molecule has 1 aliphatic rings. The van der Waals surface area contributed by atoms with Crippen LogP contribution in [0.25, 0.3) is 0 Å². The summed E-state index contributed by atoms with van der Waals surface area (Å²) in [5.41, 5.74) is 0.599. The van der Waals surface area contributed by atoms with Crippen molar-refractivity contribution in [2.24, 2.45) is 5.92 Å². The van der Waals surface area contributed by atoms with Gasteiger partial charge < -0.3 is 15.7 Å². The van der Waals surface area contributed by atoms with Gasteiger partial charge in [0, 0.05) is 19.8 Å². The summed E-state index contributed by atoms with van der Waals surface area (Å²) in [5, 5.41) is 15.0. The van der Waals surface area contributed by atoms with Crippen molar-refractivity contribution in [1.29, 1.82) is 0 Å². The van der Waals surface area contributed by atoms with Crippen LogP contribution in [-0.2, 0) is 21.1 Å². The van der Waals surface area contributed by atoms with Crippen LogP contribution >= 0.6 is 0 Å². The van der Waals surface area contributed by atoms with Gasteiger partial charge in [0.2, 0.25) is 0 Å². The number of hydrogen-bond acceptors (Lipinski definition) is 5. The van der Waals surface area contributed by atoms with Gasteiger partial charge in [-0.1, -0.05) is 67.5 Å². The summed E-state index contributed by atoms with van der Waals surface area (Å²) >= 11 is 0. The highest BCUT2D eigenvalue weighted by molar-refractivity contribution is 7.91. The summed E-state index contributed by atoms with van der Waals surface area (Å²) < 4.78 is 24.5. The predicted octanol–water partition coefficient (Wildman–Crippen LogP) is 4.35. The Labute approximate surface area is 179 Å². The second-order valence-electron chi connectivity index (χ2n) is 5.27. The fraction of sp³-hybridized carbons (Fsp3) is 0.682. The molecule has 1 aromatic rings. The number of aliphatic carboxylic acids is 1. The van der Waals surface area contributed by atoms with E-state index in [2.05, 4.69) is 10.6 Å². The van der Waals surface area contributed by atoms with Crippen LogP contribution in [0.15, 0.2) is 29.2 Å². The van der Waals surface area contributed by atoms with Crippen LogP contribution in [0.1, 0.15) is 67.4 Å². The second kappa shape index (κ2) is 21.3. The maximum absolute atomic E-state index is 12.3. The molecule has 0 atom stereocenters. The molecular formula is C22H44N2O4S. The van der Waals surface area contributed by atoms with Crippen LogP contribution in [0.2, 0.25) is 0 Å². The number of carboxylic acid groups (broad SMARTS) is 1. The molecule has 0 saturated carbocycles. The van der Waals surface area contributed by atoms with Crippen LogP contribution in [0.4, 0.5) is 0 Å². The standard InChI is InChI=1S/C14H20N2O4S.4C2H6/c17-14(18)7-11-1-3-13(4-2-11)21(19,20)6-5-12-8-15-10-16-9-12;4*1-2/h1-4,12,15-16H,5-10H2,(H,17,18);4*1-2H3. The van der Waals surface area contributed by atoms with Crippen LogP contribution in [0, 0.1) is 5.92 Å². The number of carboxylic acids is 1. The first kappa shape index (κ1) is 32.2. The summed E-state index contributed by atoms with van der Waals surface area (Å²) in [6, 6.07) is 6.10. The average Bonchev–Trinajstić information content (AvgIpc) is 2.79. The maximum Gasteiger partial charge on any atom is 0.307 e. The second-order valence-corrected chi connectivity index (χ2v) is 7.38. The van der Waals surface area contributed by atoms with Crippen LogP contribution in [-0.4, -0.2) is 45.0 Å². The zero-order valence-corrected chi connectivity index (χ0v) is 20.5. The van der Waals surface area contributed by atoms with Crippen molar-refractivity contribution in [2.75, 3.05) is 25.5 Å². The average molecular weight is 433 g/mol. The van der Waals surface area contributed by atoms with Gasteiger partial charge in [0.05, 0.1) is 17.1 Å². The van der Waals surface area contributed by atoms with Gasteiger partial charge in [-0.15, -0.1) is 0 Å². The SMILES string of the molecule is CC.CC.CC.CC.O=C(O)Cc1ccc(S(=O)(=O)CCC2CNCNC2)cc1. The third-order valence-electron chi connectivity index (χ3n) is 3.55. The third-order valence-corrected chi connectivity index (χ3v) is 5.31. The van der Waals surface area contributed by atoms with E-state index in [4.69, 9.17) is 5.11 Å². The number of nitrogens with one attached hydrogen (secondary N) is 2. The molecule has 0 amide bonds. The summed E-state index contributed by atoms with van der Waals surface area (Å²) in [7, 11) is -3.31. The Morgan fingerprint density at radius 2 is 1.38 bits per heavy atom. The molecule has 0 aliphatic carbocycles. The normalized spacial score (nSPS) is 13.0. The van der Waals surface area contributed by atoms with Crippen LogP contribution < -0.4 is 10.6 Å². The number of benzene rings is 1. The van der Waals surface area contributed by atoms with Crippen molar-refractivity contribution >= 4 is 15.8 Å². The molecule has 7 heteroatoms. The Morgan fingerprint density at radius 1 is 0.931 bits per heavy atom. The van der Waals surface area contributed by atoms with Crippen molar-refractivity contribution in [1.82, 2.24) is 10.6 Å². The lowest BCUT2D eigenvalue weighted by Crippen LogP contribution is -2.44. The molecule has 0 spiro atoms. The van der Waals surface area contributed by atoms with Gasteiger partial charge in [-0.2, -0.15) is 0 Å². The Morgan fingerprint density at radius 3 is 1.79 bits per heavy atom. The van der Waals surface area contributed by atoms with E-state index < -0.39 is 15.8 Å². The molecule has 0 aromatic heterocycles. The molecule has 1 fully saturated rings. The van der Waals surface area contributed by atoms with Crippen LogP contribution in [0.3, 0.4) is 0 Å². The highest BCUT2D eigenvalue weighted by atomic mass is 32.2. The number of sulfone groups is 1. The lowest BCUT2D eigenvalue weighted by atomic mass is 10.1. The number of hydrogen-bond donors (Lipinski definition) is 3. The predicted molar refractivity (Wildman–Crippen MR) is 124 cm³/mol. The van der Waals surface area contributed by atoms with E-state index in [0.717, 1.165) is 19.8 Å². The molecule has 1 aliphatic heterocycles. The molecule has 1 heterocycles. The van der Waals surface area contributed by atoms with E-state index in [9.17, 15) is 13.2 Å². The molecule has 172 valence electrons. The molecule has 3 N–H and O–H groups in total. The highest BCUT2D eigenvalue weighted by Gasteiger charge is 2.19. The Hall–Kier alpha value is -1.44. The van der Waals surface area contributed by atoms with E-state index >= 15 is 0 Å². The van der Waals surface area contributed by atoms with Gasteiger partial charge in [-0.05, 0) is 30.0 Å². The zero-order chi connectivity index (χ0) is 23.3. The van der Waals surface area contributed by atoms with Crippen LogP contribution in [0.5, 0.6) is 0 Å². The minimum atomic E-state index is -3.31. The van der Waals surface area contributed by atoms with Crippen molar-refractivity contribution in [3.05, 3.63) is 29.8 Å². The van der Waals surface area contributed by atoms with Crippen molar-refractivity contribution < 1.29 is 18.3 Å². The van der Waals surface area contributed by atoms with Gasteiger partial charge in [-0.25, -0.2) is 8.42 Å². The van der Waals surface area contributed by atoms with Gasteiger partial charge in [0.25, 0.3) is 0 Å². The number of rotatable bonds is 6. The summed E-state index contributed by atoms with van der Waals surface area (Å²) in [6.07, 6.45) is 0.513. The van der Waals surface area contributed by atoms with Crippen molar-refractivity contribution in [3.8, 4) is 0 Å². The molecule has 1 saturated heterocycles. The van der Waals surface area contributed by atoms with E-state index in [0.29, 0.717) is 17.9 Å². The molecule has 29 heavy (non-hydrogen) atoms. The lowest BCUT2D eigenvalue weighted by Gasteiger charge is -2.23. The largest absolute Gasteiger partial charge is 0.481 e. The lowest BCUT2D eigenvalue weighted by molar-refractivity contribution is -0.136. The molecule has 6 nitrogen and oxygen atoms in total. The van der Waals surface area contributed by atoms with Crippen molar-refractivity contribution in [3.63, 3.8) is 0 Å². The molecular weight excluding hydrogens is 388 g/mol. The molecule has 0 unspecified atom stereocenters. The maximum atomic E-state index is 12.3. The van der Waals surface area contributed by atoms with Gasteiger partial charge in [0.15, 0.2) is 9.84 Å². The fourth-order valence-electron chi connectivity index (χ4n) is 2.35. The van der Waals surface area contributed by atoms with Gasteiger partial charge in [0.1, 0.15) is 0 Å². The summed E-state index contributed by atoms with van der Waals surface area (Å²) in [4.78, 5) is 10.9. The molecule has 1 aromatic carbocycles.